The standard InChI is InChI=1S/C40H47F2N5O8.C2H6/c1-38(50)18-46(15-26(16-48)53-19-38)35-31-34(32(42)33(43-36(31)51-2)27-13-25(49)12-23-6-3-7-28(41)30(23)27)44-37(45-35)54-20-39-9-4-8-29(39)47(11-5-10-39)24-14-40(55-17-24)21-52-22-40;1-2/h3,6-7,12-13,24,26,29,48-50H,4-5,8-11,14-22H2,1-2H3;1-2H3. The monoisotopic (exact) mass is 793 g/mol. The second-order valence-corrected chi connectivity index (χ2v) is 16.4. The second-order valence-electron chi connectivity index (χ2n) is 16.4. The number of piperidine rings is 1. The summed E-state index contributed by atoms with van der Waals surface area (Å²) in [7, 11) is 1.38. The number of hydrogen-bond acceptors (Lipinski definition) is 13. The Morgan fingerprint density at radius 2 is 1.84 bits per heavy atom. The molecule has 0 bridgehead atoms. The van der Waals surface area contributed by atoms with E-state index in [-0.39, 0.29) is 94.4 Å². The minimum atomic E-state index is -1.37. The number of rotatable bonds is 8. The van der Waals surface area contributed by atoms with Gasteiger partial charge in [0.15, 0.2) is 5.82 Å². The van der Waals surface area contributed by atoms with Gasteiger partial charge in [-0.2, -0.15) is 9.97 Å². The Kier molecular flexibility index (Phi) is 10.9. The van der Waals surface area contributed by atoms with Crippen LogP contribution in [0.3, 0.4) is 0 Å². The summed E-state index contributed by atoms with van der Waals surface area (Å²) < 4.78 is 62.6. The van der Waals surface area contributed by atoms with E-state index in [2.05, 4.69) is 14.9 Å². The molecule has 0 radical (unpaired) electrons. The number of β-amino-alcohol motifs (C(OH)–C–C–N with tert-alkyl or cyclic N) is 1. The molecule has 13 nitrogen and oxygen atoms in total. The number of phenolic OH excluding ortho intramolecular Hbond substituents is 1. The number of methoxy groups -OCH3 is 1. The lowest BCUT2D eigenvalue weighted by Crippen LogP contribution is -2.56. The van der Waals surface area contributed by atoms with Gasteiger partial charge in [-0.1, -0.05) is 32.4 Å². The Morgan fingerprint density at radius 3 is 2.58 bits per heavy atom. The molecule has 5 aliphatic rings. The average molecular weight is 794 g/mol. The Balaban J connectivity index is 0.00000224. The predicted octanol–water partition coefficient (Wildman–Crippen LogP) is 5.38. The number of aliphatic hydroxyl groups is 2. The number of aromatic nitrogens is 3. The highest BCUT2D eigenvalue weighted by molar-refractivity contribution is 6.02. The molecule has 9 rings (SSSR count). The van der Waals surface area contributed by atoms with Crippen LogP contribution < -0.4 is 14.4 Å². The Hall–Kier alpha value is -3.99. The topological polar surface area (TPSA) is 152 Å². The predicted molar refractivity (Wildman–Crippen MR) is 209 cm³/mol. The van der Waals surface area contributed by atoms with Crippen molar-refractivity contribution in [2.45, 2.75) is 88.7 Å². The number of benzene rings is 2. The zero-order valence-corrected chi connectivity index (χ0v) is 33.1. The Labute approximate surface area is 330 Å². The van der Waals surface area contributed by atoms with Crippen molar-refractivity contribution in [1.29, 1.82) is 0 Å². The van der Waals surface area contributed by atoms with Crippen molar-refractivity contribution >= 4 is 27.5 Å². The third-order valence-electron chi connectivity index (χ3n) is 12.4. The van der Waals surface area contributed by atoms with E-state index < -0.39 is 23.3 Å². The van der Waals surface area contributed by atoms with Crippen molar-refractivity contribution in [3.05, 3.63) is 42.0 Å². The quantitative estimate of drug-likeness (QED) is 0.210. The molecule has 1 saturated carbocycles. The number of pyridine rings is 1. The highest BCUT2D eigenvalue weighted by atomic mass is 19.1. The molecule has 5 unspecified atom stereocenters. The maximum Gasteiger partial charge on any atom is 0.319 e. The van der Waals surface area contributed by atoms with Crippen molar-refractivity contribution < 1.29 is 47.8 Å². The maximum atomic E-state index is 17.3. The molecule has 4 aliphatic heterocycles. The van der Waals surface area contributed by atoms with E-state index >= 15 is 8.78 Å². The van der Waals surface area contributed by atoms with Gasteiger partial charge in [0.25, 0.3) is 0 Å². The largest absolute Gasteiger partial charge is 0.508 e. The Morgan fingerprint density at radius 1 is 1.04 bits per heavy atom. The molecule has 1 spiro atoms. The van der Waals surface area contributed by atoms with Gasteiger partial charge in [0.2, 0.25) is 5.88 Å². The summed E-state index contributed by atoms with van der Waals surface area (Å²) in [6.45, 7) is 8.61. The third kappa shape index (κ3) is 7.24. The number of nitrogens with zero attached hydrogens (tertiary/aromatic N) is 5. The highest BCUT2D eigenvalue weighted by Gasteiger charge is 2.54. The third-order valence-corrected chi connectivity index (χ3v) is 12.4. The SMILES string of the molecule is CC.COc1nc(-c2cc(O)cc3cccc(F)c23)c(F)c2nc(OCC34CCCC3N(C3COC5(COC5)C3)CCC4)nc(N3CC(CO)OCC(C)(O)C3)c12. The van der Waals surface area contributed by atoms with Crippen LogP contribution in [-0.4, -0.2) is 131 Å². The number of aromatic hydroxyl groups is 1. The molecule has 0 amide bonds. The van der Waals surface area contributed by atoms with Gasteiger partial charge in [-0.25, -0.2) is 13.8 Å². The minimum absolute atomic E-state index is 0.0148. The van der Waals surface area contributed by atoms with Gasteiger partial charge in [0.1, 0.15) is 45.2 Å². The van der Waals surface area contributed by atoms with E-state index in [1.165, 1.54) is 31.4 Å². The minimum Gasteiger partial charge on any atom is -0.508 e. The molecule has 15 heteroatoms. The van der Waals surface area contributed by atoms with E-state index in [1.807, 2.05) is 13.8 Å². The summed E-state index contributed by atoms with van der Waals surface area (Å²) in [5, 5.41) is 32.6. The van der Waals surface area contributed by atoms with Crippen LogP contribution in [0, 0.1) is 17.0 Å². The molecule has 2 aromatic carbocycles. The van der Waals surface area contributed by atoms with Crippen LogP contribution in [0.1, 0.15) is 59.3 Å². The molecule has 5 fully saturated rings. The smallest absolute Gasteiger partial charge is 0.319 e. The fraction of sp³-hybridized carbons (Fsp3) is 0.595. The summed E-state index contributed by atoms with van der Waals surface area (Å²) in [6, 6.07) is 7.56. The zero-order valence-electron chi connectivity index (χ0n) is 33.1. The lowest BCUT2D eigenvalue weighted by Gasteiger charge is -2.48. The summed E-state index contributed by atoms with van der Waals surface area (Å²) in [5.41, 5.74) is -2.17. The number of fused-ring (bicyclic) bond motifs is 3. The number of aliphatic hydroxyl groups excluding tert-OH is 1. The molecule has 308 valence electrons. The molecule has 5 atom stereocenters. The molecule has 3 N–H and O–H groups in total. The van der Waals surface area contributed by atoms with Crippen LogP contribution in [0.15, 0.2) is 30.3 Å². The lowest BCUT2D eigenvalue weighted by atomic mass is 9.74. The molecule has 4 saturated heterocycles. The number of phenols is 1. The second kappa shape index (κ2) is 15.6. The Bertz CT molecular complexity index is 2120. The van der Waals surface area contributed by atoms with Crippen molar-refractivity contribution in [3.63, 3.8) is 0 Å². The van der Waals surface area contributed by atoms with Crippen molar-refractivity contribution in [2.24, 2.45) is 5.41 Å². The first-order chi connectivity index (χ1) is 27.5. The van der Waals surface area contributed by atoms with E-state index in [9.17, 15) is 15.3 Å². The van der Waals surface area contributed by atoms with E-state index in [0.717, 1.165) is 45.1 Å². The van der Waals surface area contributed by atoms with Gasteiger partial charge < -0.3 is 43.9 Å². The van der Waals surface area contributed by atoms with E-state index in [0.29, 0.717) is 37.9 Å². The number of ether oxygens (including phenoxy) is 5. The van der Waals surface area contributed by atoms with Crippen LogP contribution in [0.5, 0.6) is 17.6 Å². The number of halogens is 2. The summed E-state index contributed by atoms with van der Waals surface area (Å²) in [6.07, 6.45) is 5.28. The molecule has 6 heterocycles. The van der Waals surface area contributed by atoms with E-state index in [4.69, 9.17) is 28.7 Å². The molecular formula is C42H53F2N5O8. The zero-order chi connectivity index (χ0) is 40.1. The van der Waals surface area contributed by atoms with Gasteiger partial charge >= 0.3 is 6.01 Å². The molecule has 1 aliphatic carbocycles. The van der Waals surface area contributed by atoms with Crippen molar-refractivity contribution in [2.75, 3.05) is 71.3 Å². The lowest BCUT2D eigenvalue weighted by molar-refractivity contribution is -0.184. The normalized spacial score (nSPS) is 28.5. The van der Waals surface area contributed by atoms with Gasteiger partial charge in [0, 0.05) is 35.0 Å². The first-order valence-electron chi connectivity index (χ1n) is 20.2. The van der Waals surface area contributed by atoms with Gasteiger partial charge in [-0.15, -0.1) is 0 Å². The number of likely N-dealkylation sites (tertiary alicyclic amines) is 1. The van der Waals surface area contributed by atoms with Gasteiger partial charge in [-0.05, 0) is 69.2 Å². The van der Waals surface area contributed by atoms with Crippen LogP contribution in [0.4, 0.5) is 14.6 Å². The fourth-order valence-corrected chi connectivity index (χ4v) is 9.81. The summed E-state index contributed by atoms with van der Waals surface area (Å²) in [5.74, 6) is -1.60. The number of hydrogen-bond donors (Lipinski definition) is 3. The molecule has 2 aromatic heterocycles. The van der Waals surface area contributed by atoms with Crippen LogP contribution >= 0.6 is 0 Å². The van der Waals surface area contributed by atoms with Crippen molar-refractivity contribution in [1.82, 2.24) is 19.9 Å². The summed E-state index contributed by atoms with van der Waals surface area (Å²) in [4.78, 5) is 18.4. The van der Waals surface area contributed by atoms with Gasteiger partial charge in [0.05, 0.1) is 59.4 Å². The van der Waals surface area contributed by atoms with Crippen LogP contribution in [0.2, 0.25) is 0 Å². The number of anilines is 1. The van der Waals surface area contributed by atoms with Crippen LogP contribution in [0.25, 0.3) is 32.9 Å². The molecule has 57 heavy (non-hydrogen) atoms. The first-order valence-corrected chi connectivity index (χ1v) is 20.2. The maximum absolute atomic E-state index is 17.3. The molecular weight excluding hydrogens is 740 g/mol. The van der Waals surface area contributed by atoms with Crippen LogP contribution in [-0.2, 0) is 14.2 Å². The fourth-order valence-electron chi connectivity index (χ4n) is 9.81. The first kappa shape index (κ1) is 39.8. The van der Waals surface area contributed by atoms with E-state index in [1.54, 1.807) is 17.9 Å². The molecule has 4 aromatic rings. The highest BCUT2D eigenvalue weighted by Crippen LogP contribution is 2.50. The van der Waals surface area contributed by atoms with Gasteiger partial charge in [-0.3, -0.25) is 4.90 Å². The average Bonchev–Trinajstić information content (AvgIpc) is 3.81. The van der Waals surface area contributed by atoms with Crippen molar-refractivity contribution in [3.8, 4) is 28.9 Å². The summed E-state index contributed by atoms with van der Waals surface area (Å²) >= 11 is 0.